The average Bonchev–Trinajstić information content (AvgIpc) is 2.75. The van der Waals surface area contributed by atoms with Crippen molar-refractivity contribution in [2.45, 2.75) is 6.54 Å². The lowest BCUT2D eigenvalue weighted by Crippen LogP contribution is -2.15. The molecule has 0 aliphatic heterocycles. The first kappa shape index (κ1) is 12.5. The fourth-order valence-electron chi connectivity index (χ4n) is 1.66. The van der Waals surface area contributed by atoms with E-state index >= 15 is 0 Å². The number of hydrogen-bond donors (Lipinski definition) is 1. The van der Waals surface area contributed by atoms with Crippen LogP contribution in [-0.4, -0.2) is 14.1 Å². The molecule has 2 rings (SSSR count). The van der Waals surface area contributed by atoms with Gasteiger partial charge in [0.05, 0.1) is 6.54 Å². The van der Waals surface area contributed by atoms with Gasteiger partial charge in [-0.15, -0.1) is 11.3 Å². The molecule has 1 aromatic carbocycles. The van der Waals surface area contributed by atoms with Crippen LogP contribution in [0.1, 0.15) is 4.88 Å². The van der Waals surface area contributed by atoms with Crippen LogP contribution in [0.5, 0.6) is 0 Å². The molecule has 0 aliphatic rings. The molecule has 2 nitrogen and oxygen atoms in total. The summed E-state index contributed by atoms with van der Waals surface area (Å²) in [6.45, 7) is 0.934. The summed E-state index contributed by atoms with van der Waals surface area (Å²) in [4.78, 5) is 3.60. The Kier molecular flexibility index (Phi) is 4.07. The lowest BCUT2D eigenvalue weighted by Gasteiger charge is -2.19. The third kappa shape index (κ3) is 3.23. The first-order valence-electron chi connectivity index (χ1n) is 5.41. The maximum atomic E-state index is 3.48. The molecule has 4 heteroatoms. The van der Waals surface area contributed by atoms with Crippen molar-refractivity contribution in [2.75, 3.05) is 24.3 Å². The maximum absolute atomic E-state index is 3.48. The minimum Gasteiger partial charge on any atom is -0.388 e. The van der Waals surface area contributed by atoms with Gasteiger partial charge >= 0.3 is 0 Å². The molecule has 0 radical (unpaired) electrons. The molecule has 0 fully saturated rings. The summed E-state index contributed by atoms with van der Waals surface area (Å²) in [5.41, 5.74) is 2.36. The Labute approximate surface area is 114 Å². The Hall–Kier alpha value is -1.000. The van der Waals surface area contributed by atoms with Crippen molar-refractivity contribution in [3.63, 3.8) is 0 Å². The van der Waals surface area contributed by atoms with E-state index in [1.54, 1.807) is 11.3 Å². The predicted molar refractivity (Wildman–Crippen MR) is 80.1 cm³/mol. The third-order valence-electron chi connectivity index (χ3n) is 2.59. The van der Waals surface area contributed by atoms with Gasteiger partial charge in [0, 0.05) is 40.2 Å². The summed E-state index contributed by atoms with van der Waals surface area (Å²) in [5, 5.41) is 5.28. The Morgan fingerprint density at radius 2 is 2.18 bits per heavy atom. The van der Waals surface area contributed by atoms with Gasteiger partial charge in [-0.2, -0.15) is 0 Å². The van der Waals surface area contributed by atoms with Crippen molar-refractivity contribution >= 4 is 38.6 Å². The van der Waals surface area contributed by atoms with E-state index in [4.69, 9.17) is 0 Å². The number of hydrogen-bond acceptors (Lipinski definition) is 3. The number of rotatable bonds is 4. The molecule has 1 aromatic heterocycles. The van der Waals surface area contributed by atoms with Crippen LogP contribution in [-0.2, 0) is 6.54 Å². The molecule has 0 saturated heterocycles. The molecule has 0 amide bonds. The summed E-state index contributed by atoms with van der Waals surface area (Å²) in [7, 11) is 4.05. The van der Waals surface area contributed by atoms with Crippen molar-refractivity contribution in [2.24, 2.45) is 0 Å². The van der Waals surface area contributed by atoms with E-state index in [0.29, 0.717) is 0 Å². The highest BCUT2D eigenvalue weighted by molar-refractivity contribution is 9.10. The fraction of sp³-hybridized carbons (Fsp3) is 0.231. The molecule has 0 saturated carbocycles. The summed E-state index contributed by atoms with van der Waals surface area (Å²) < 4.78 is 1.16. The normalized spacial score (nSPS) is 10.3. The van der Waals surface area contributed by atoms with Gasteiger partial charge in [0.2, 0.25) is 0 Å². The van der Waals surface area contributed by atoms with Crippen LogP contribution in [0, 0.1) is 0 Å². The van der Waals surface area contributed by atoms with Crippen molar-refractivity contribution in [1.29, 1.82) is 0 Å². The highest BCUT2D eigenvalue weighted by Gasteiger charge is 2.04. The Balaban J connectivity index is 2.11. The number of nitrogens with one attached hydrogen (secondary N) is 1. The number of nitrogens with zero attached hydrogens (tertiary/aromatic N) is 1. The Morgan fingerprint density at radius 1 is 1.35 bits per heavy atom. The zero-order valence-corrected chi connectivity index (χ0v) is 12.3. The number of halogens is 1. The molecule has 0 unspecified atom stereocenters. The molecule has 17 heavy (non-hydrogen) atoms. The van der Waals surface area contributed by atoms with Gasteiger partial charge in [-0.25, -0.2) is 0 Å². The molecule has 1 N–H and O–H groups in total. The van der Waals surface area contributed by atoms with Gasteiger partial charge in [0.15, 0.2) is 0 Å². The largest absolute Gasteiger partial charge is 0.388 e. The van der Waals surface area contributed by atoms with Gasteiger partial charge in [0.25, 0.3) is 0 Å². The van der Waals surface area contributed by atoms with E-state index < -0.39 is 0 Å². The second kappa shape index (κ2) is 5.56. The predicted octanol–water partition coefficient (Wildman–Crippen LogP) is 4.19. The van der Waals surface area contributed by atoms with Gasteiger partial charge < -0.3 is 10.2 Å². The zero-order chi connectivity index (χ0) is 12.3. The van der Waals surface area contributed by atoms with Crippen molar-refractivity contribution in [3.05, 3.63) is 45.1 Å². The first-order valence-corrected chi connectivity index (χ1v) is 7.08. The molecule has 0 atom stereocenters. The van der Waals surface area contributed by atoms with Crippen LogP contribution < -0.4 is 10.2 Å². The van der Waals surface area contributed by atoms with Crippen molar-refractivity contribution in [1.82, 2.24) is 0 Å². The van der Waals surface area contributed by atoms with Crippen LogP contribution in [0.4, 0.5) is 11.4 Å². The summed E-state index contributed by atoms with van der Waals surface area (Å²) >= 11 is 5.26. The van der Waals surface area contributed by atoms with Crippen LogP contribution in [0.15, 0.2) is 40.2 Å². The Morgan fingerprint density at radius 3 is 2.82 bits per heavy atom. The molecule has 90 valence electrons. The van der Waals surface area contributed by atoms with E-state index in [2.05, 4.69) is 68.9 Å². The monoisotopic (exact) mass is 310 g/mol. The fourth-order valence-corrected chi connectivity index (χ4v) is 3.16. The highest BCUT2D eigenvalue weighted by atomic mass is 79.9. The number of benzene rings is 1. The molecular formula is C13H15BrN2S. The summed E-state index contributed by atoms with van der Waals surface area (Å²) in [6.07, 6.45) is 0. The second-order valence-electron chi connectivity index (χ2n) is 3.89. The minimum absolute atomic E-state index is 0.934. The third-order valence-corrected chi connectivity index (χ3v) is 4.27. The van der Waals surface area contributed by atoms with E-state index in [-0.39, 0.29) is 0 Å². The molecule has 0 spiro atoms. The zero-order valence-electron chi connectivity index (χ0n) is 9.90. The average molecular weight is 311 g/mol. The molecule has 1 heterocycles. The number of thiophene rings is 1. The van der Waals surface area contributed by atoms with Gasteiger partial charge in [-0.1, -0.05) is 6.07 Å². The molecule has 0 aliphatic carbocycles. The SMILES string of the molecule is CNc1cccc(N(C)Cc2cc(Br)cs2)c1. The molecule has 0 bridgehead atoms. The smallest absolute Gasteiger partial charge is 0.0519 e. The van der Waals surface area contributed by atoms with Crippen LogP contribution >= 0.6 is 27.3 Å². The van der Waals surface area contributed by atoms with E-state index in [9.17, 15) is 0 Å². The second-order valence-corrected chi connectivity index (χ2v) is 5.80. The lowest BCUT2D eigenvalue weighted by molar-refractivity contribution is 0.940. The summed E-state index contributed by atoms with van der Waals surface area (Å²) in [6, 6.07) is 10.6. The van der Waals surface area contributed by atoms with E-state index in [1.807, 2.05) is 7.05 Å². The maximum Gasteiger partial charge on any atom is 0.0519 e. The molecular weight excluding hydrogens is 296 g/mol. The van der Waals surface area contributed by atoms with Crippen LogP contribution in [0.25, 0.3) is 0 Å². The Bertz CT molecular complexity index is 496. The standard InChI is InChI=1S/C13H15BrN2S/c1-15-11-4-3-5-12(7-11)16(2)8-13-6-10(14)9-17-13/h3-7,9,15H,8H2,1-2H3. The highest BCUT2D eigenvalue weighted by Crippen LogP contribution is 2.24. The minimum atomic E-state index is 0.934. The number of anilines is 2. The van der Waals surface area contributed by atoms with Gasteiger partial charge in [-0.3, -0.25) is 0 Å². The van der Waals surface area contributed by atoms with Gasteiger partial charge in [0.1, 0.15) is 0 Å². The molecule has 2 aromatic rings. The van der Waals surface area contributed by atoms with Crippen molar-refractivity contribution < 1.29 is 0 Å². The summed E-state index contributed by atoms with van der Waals surface area (Å²) in [5.74, 6) is 0. The van der Waals surface area contributed by atoms with Crippen LogP contribution in [0.3, 0.4) is 0 Å². The lowest BCUT2D eigenvalue weighted by atomic mass is 10.2. The van der Waals surface area contributed by atoms with E-state index in [1.165, 1.54) is 10.6 Å². The van der Waals surface area contributed by atoms with Crippen LogP contribution in [0.2, 0.25) is 0 Å². The van der Waals surface area contributed by atoms with Gasteiger partial charge in [-0.05, 0) is 40.2 Å². The van der Waals surface area contributed by atoms with E-state index in [0.717, 1.165) is 16.7 Å². The quantitative estimate of drug-likeness (QED) is 0.911. The van der Waals surface area contributed by atoms with Crippen molar-refractivity contribution in [3.8, 4) is 0 Å². The topological polar surface area (TPSA) is 15.3 Å². The first-order chi connectivity index (χ1) is 8.19.